The summed E-state index contributed by atoms with van der Waals surface area (Å²) in [5.41, 5.74) is 0. The van der Waals surface area contributed by atoms with Crippen LogP contribution in [0.3, 0.4) is 0 Å². The number of rotatable bonds is 1. The van der Waals surface area contributed by atoms with Crippen molar-refractivity contribution in [2.24, 2.45) is 0 Å². The van der Waals surface area contributed by atoms with Crippen LogP contribution in [-0.2, 0) is 0 Å². The Labute approximate surface area is 79.4 Å². The average Bonchev–Trinajstić information content (AvgIpc) is 1.27. The Bertz CT molecular complexity index is 72.1. The van der Waals surface area contributed by atoms with Gasteiger partial charge in [-0.05, 0) is 0 Å². The van der Waals surface area contributed by atoms with E-state index in [0.29, 0.717) is 49.3 Å². The summed E-state index contributed by atoms with van der Waals surface area (Å²) in [6, 6.07) is 0.536. The fraction of sp³-hybridized carbons (Fsp3) is 0.750. The van der Waals surface area contributed by atoms with Crippen molar-refractivity contribution in [2.75, 3.05) is 0 Å². The minimum atomic E-state index is 0.528. The standard InChI is InChI=1S/C4H8NS.Sr.H/c1-4(2)5-3-6;;/h4H,1-2H3,(H,5,6);;. The van der Waals surface area contributed by atoms with E-state index in [-0.39, 0.29) is 0 Å². The van der Waals surface area contributed by atoms with Crippen LogP contribution in [0.25, 0.3) is 0 Å². The first-order valence-corrected chi connectivity index (χ1v) is 5.26. The quantitative estimate of drug-likeness (QED) is 0.468. The van der Waals surface area contributed by atoms with Crippen molar-refractivity contribution in [2.45, 2.75) is 19.9 Å². The van der Waals surface area contributed by atoms with Gasteiger partial charge in [-0.25, -0.2) is 0 Å². The molecule has 3 heteroatoms. The molecule has 7 heavy (non-hydrogen) atoms. The molecule has 0 rings (SSSR count). The molecule has 0 unspecified atom stereocenters. The minimum absolute atomic E-state index is 0.528. The van der Waals surface area contributed by atoms with Crippen LogP contribution in [0.4, 0.5) is 0 Å². The molecule has 0 heterocycles. The Hall–Kier alpha value is 1.37. The summed E-state index contributed by atoms with van der Waals surface area (Å²) in [5.74, 6) is 0. The van der Waals surface area contributed by atoms with Crippen LogP contribution in [-0.4, -0.2) is 49.3 Å². The Morgan fingerprint density at radius 1 is 1.71 bits per heavy atom. The zero-order valence-corrected chi connectivity index (χ0v) is 10.7. The first kappa shape index (κ1) is 8.37. The zero-order chi connectivity index (χ0) is 5.86. The second-order valence-electron chi connectivity index (χ2n) is 1.86. The van der Waals surface area contributed by atoms with Gasteiger partial charge in [0.2, 0.25) is 0 Å². The summed E-state index contributed by atoms with van der Waals surface area (Å²) in [6.45, 7) is 4.20. The van der Waals surface area contributed by atoms with Gasteiger partial charge in [0.25, 0.3) is 0 Å². The van der Waals surface area contributed by atoms with E-state index in [9.17, 15) is 0 Å². The Morgan fingerprint density at radius 2 is 2.14 bits per heavy atom. The molecule has 0 saturated heterocycles. The van der Waals surface area contributed by atoms with Crippen molar-refractivity contribution in [3.8, 4) is 0 Å². The van der Waals surface area contributed by atoms with Crippen molar-refractivity contribution >= 4 is 55.4 Å². The molecular weight excluding hydrogens is 182 g/mol. The summed E-state index contributed by atoms with van der Waals surface area (Å²) in [5, 5.41) is 3.13. The SMILES string of the molecule is CC(C)N[C](=S)[SrH]. The molecule has 0 spiro atoms. The molecule has 1 nitrogen and oxygen atoms in total. The number of hydrogen-bond donors (Lipinski definition) is 1. The van der Waals surface area contributed by atoms with E-state index < -0.39 is 0 Å². The van der Waals surface area contributed by atoms with Gasteiger partial charge in [-0.3, -0.25) is 0 Å². The van der Waals surface area contributed by atoms with Gasteiger partial charge in [0.15, 0.2) is 0 Å². The Morgan fingerprint density at radius 3 is 2.14 bits per heavy atom. The summed E-state index contributed by atoms with van der Waals surface area (Å²) >= 11 is 5.38. The van der Waals surface area contributed by atoms with E-state index in [1.807, 2.05) is 0 Å². The molecule has 0 saturated carbocycles. The van der Waals surface area contributed by atoms with Crippen LogP contribution in [0.5, 0.6) is 0 Å². The molecule has 0 radical (unpaired) electrons. The van der Waals surface area contributed by atoms with Gasteiger partial charge in [-0.2, -0.15) is 0 Å². The van der Waals surface area contributed by atoms with Crippen LogP contribution in [0.1, 0.15) is 13.8 Å². The molecule has 0 atom stereocenters. The van der Waals surface area contributed by atoms with Gasteiger partial charge in [0, 0.05) is 0 Å². The fourth-order valence-electron chi connectivity index (χ4n) is 0.407. The summed E-state index contributed by atoms with van der Waals surface area (Å²) < 4.78 is 1.08. The summed E-state index contributed by atoms with van der Waals surface area (Å²) in [7, 11) is 0. The number of nitrogens with one attached hydrogen (secondary N) is 1. The molecule has 38 valence electrons. The van der Waals surface area contributed by atoms with Gasteiger partial charge in [0.1, 0.15) is 0 Å². The van der Waals surface area contributed by atoms with E-state index in [4.69, 9.17) is 12.2 Å². The Balaban J connectivity index is 3.13. The van der Waals surface area contributed by atoms with Crippen molar-refractivity contribution in [3.63, 3.8) is 0 Å². The molecular formula is C4H9NSSr. The van der Waals surface area contributed by atoms with E-state index >= 15 is 0 Å². The van der Waals surface area contributed by atoms with Crippen LogP contribution < -0.4 is 5.32 Å². The third kappa shape index (κ3) is 7.37. The third-order valence-corrected chi connectivity index (χ3v) is 1.32. The molecule has 0 bridgehead atoms. The van der Waals surface area contributed by atoms with Gasteiger partial charge < -0.3 is 0 Å². The molecule has 1 N–H and O–H groups in total. The molecule has 0 fully saturated rings. The van der Waals surface area contributed by atoms with Crippen molar-refractivity contribution in [1.82, 2.24) is 5.32 Å². The number of hydrogen-bond acceptors (Lipinski definition) is 1. The first-order valence-electron chi connectivity index (χ1n) is 2.40. The predicted molar refractivity (Wildman–Crippen MR) is 38.0 cm³/mol. The first-order chi connectivity index (χ1) is 3.13. The van der Waals surface area contributed by atoms with Crippen LogP contribution in [0.15, 0.2) is 0 Å². The van der Waals surface area contributed by atoms with Gasteiger partial charge in [-0.15, -0.1) is 0 Å². The van der Waals surface area contributed by atoms with Crippen molar-refractivity contribution < 1.29 is 0 Å². The molecule has 0 aliphatic heterocycles. The van der Waals surface area contributed by atoms with Crippen LogP contribution in [0.2, 0.25) is 0 Å². The average molecular weight is 191 g/mol. The maximum atomic E-state index is 4.85. The van der Waals surface area contributed by atoms with E-state index in [2.05, 4.69) is 19.2 Å². The Kier molecular flexibility index (Phi) is 5.11. The topological polar surface area (TPSA) is 12.0 Å². The van der Waals surface area contributed by atoms with Gasteiger partial charge >= 0.3 is 80.6 Å². The van der Waals surface area contributed by atoms with Gasteiger partial charge in [-0.1, -0.05) is 0 Å². The molecule has 0 amide bonds. The second kappa shape index (κ2) is 4.27. The van der Waals surface area contributed by atoms with Crippen molar-refractivity contribution in [3.05, 3.63) is 0 Å². The van der Waals surface area contributed by atoms with E-state index in [1.54, 1.807) is 0 Å². The van der Waals surface area contributed by atoms with Crippen LogP contribution in [0, 0.1) is 0 Å². The van der Waals surface area contributed by atoms with Crippen molar-refractivity contribution in [1.29, 1.82) is 0 Å². The molecule has 0 aliphatic carbocycles. The summed E-state index contributed by atoms with van der Waals surface area (Å²) in [6.07, 6.45) is 0. The van der Waals surface area contributed by atoms with Crippen LogP contribution >= 0.6 is 12.2 Å². The second-order valence-corrected chi connectivity index (χ2v) is 6.71. The monoisotopic (exact) mass is 191 g/mol. The van der Waals surface area contributed by atoms with E-state index in [0.717, 1.165) is -0.0406 Å². The van der Waals surface area contributed by atoms with E-state index in [1.165, 1.54) is 0 Å². The number of thiocarbonyl (C=S) groups is 1. The van der Waals surface area contributed by atoms with Gasteiger partial charge in [0.05, 0.1) is 0 Å². The molecule has 0 aromatic heterocycles. The fourth-order valence-corrected chi connectivity index (χ4v) is 2.06. The zero-order valence-electron chi connectivity index (χ0n) is 4.99. The molecule has 0 aromatic carbocycles. The summed E-state index contributed by atoms with van der Waals surface area (Å²) in [4.78, 5) is 0. The molecule has 0 aliphatic rings. The predicted octanol–water partition coefficient (Wildman–Crippen LogP) is 0.170. The normalized spacial score (nSPS) is 8.86. The maximum absolute atomic E-state index is 4.85. The molecule has 0 aromatic rings. The third-order valence-electron chi connectivity index (χ3n) is 0.492.